The summed E-state index contributed by atoms with van der Waals surface area (Å²) in [6.07, 6.45) is 3.90. The molecule has 0 amide bonds. The Hall–Kier alpha value is 0.110. The first-order chi connectivity index (χ1) is 7.39. The van der Waals surface area contributed by atoms with Crippen LogP contribution in [0.2, 0.25) is 0 Å². The topological polar surface area (TPSA) is 17.1 Å². The van der Waals surface area contributed by atoms with Gasteiger partial charge in [-0.05, 0) is 23.0 Å². The van der Waals surface area contributed by atoms with E-state index in [1.807, 2.05) is 12.2 Å². The minimum absolute atomic E-state index is 0.144. The fourth-order valence-electron chi connectivity index (χ4n) is 1.81. The van der Waals surface area contributed by atoms with Crippen molar-refractivity contribution in [3.63, 3.8) is 0 Å². The third-order valence-corrected chi connectivity index (χ3v) is 5.33. The Labute approximate surface area is 121 Å². The predicted octanol–water partition coefficient (Wildman–Crippen LogP) is 5.00. The number of carbonyl (C=O) groups is 1. The van der Waals surface area contributed by atoms with Crippen LogP contribution in [-0.4, -0.2) is 10.1 Å². The molecule has 0 aromatic carbocycles. The molecule has 0 radical (unpaired) electrons. The molecule has 1 aliphatic carbocycles. The first-order valence-electron chi connectivity index (χ1n) is 5.74. The molecule has 1 atom stereocenters. The summed E-state index contributed by atoms with van der Waals surface area (Å²) in [5, 5.41) is 0. The van der Waals surface area contributed by atoms with Gasteiger partial charge in [-0.3, -0.25) is 4.79 Å². The molecular weight excluding hydrogens is 344 g/mol. The first kappa shape index (κ1) is 15.2. The zero-order chi connectivity index (χ0) is 13.6. The van der Waals surface area contributed by atoms with Gasteiger partial charge in [0.25, 0.3) is 0 Å². The van der Waals surface area contributed by atoms with E-state index in [0.717, 1.165) is 10.1 Å². The predicted molar refractivity (Wildman–Crippen MR) is 80.7 cm³/mol. The lowest BCUT2D eigenvalue weighted by molar-refractivity contribution is -0.119. The maximum Gasteiger partial charge on any atom is 0.180 e. The van der Waals surface area contributed by atoms with E-state index in [0.29, 0.717) is 0 Å². The normalized spacial score (nSPS) is 26.7. The maximum absolute atomic E-state index is 12.7. The van der Waals surface area contributed by atoms with E-state index < -0.39 is 4.32 Å². The Morgan fingerprint density at radius 1 is 1.12 bits per heavy atom. The number of carbonyl (C=O) groups excluding carboxylic acids is 1. The van der Waals surface area contributed by atoms with Crippen LogP contribution in [0.15, 0.2) is 22.2 Å². The summed E-state index contributed by atoms with van der Waals surface area (Å²) in [5.41, 5.74) is 0.543. The average Bonchev–Trinajstić information content (AvgIpc) is 2.07. The van der Waals surface area contributed by atoms with Gasteiger partial charge in [-0.2, -0.15) is 0 Å². The summed E-state index contributed by atoms with van der Waals surface area (Å²) in [7, 11) is 0. The van der Waals surface area contributed by atoms with Gasteiger partial charge in [-0.15, -0.1) is 0 Å². The lowest BCUT2D eigenvalue weighted by atomic mass is 9.69. The van der Waals surface area contributed by atoms with Crippen LogP contribution in [0, 0.1) is 10.8 Å². The second-order valence-corrected chi connectivity index (χ2v) is 8.79. The highest BCUT2D eigenvalue weighted by Gasteiger charge is 2.49. The number of allylic oxidation sites excluding steroid dienone is 4. The molecule has 17 heavy (non-hydrogen) atoms. The van der Waals surface area contributed by atoms with Crippen molar-refractivity contribution in [2.45, 2.75) is 45.9 Å². The first-order valence-corrected chi connectivity index (χ1v) is 7.32. The molecule has 1 rings (SSSR count). The number of hydrogen-bond donors (Lipinski definition) is 0. The van der Waals surface area contributed by atoms with Crippen LogP contribution in [0.25, 0.3) is 0 Å². The number of hydrogen-bond acceptors (Lipinski definition) is 1. The van der Waals surface area contributed by atoms with Gasteiger partial charge in [0, 0.05) is 10.1 Å². The maximum atomic E-state index is 12.7. The summed E-state index contributed by atoms with van der Waals surface area (Å²) in [4.78, 5) is 12.7. The molecule has 0 aromatic rings. The monoisotopic (exact) mass is 362 g/mol. The SMILES string of the molecule is CC(C)(C)C1=CC(Br)=CC(Br)(C(C)(C)C)C1=O. The average molecular weight is 364 g/mol. The molecule has 1 nitrogen and oxygen atoms in total. The minimum Gasteiger partial charge on any atom is -0.293 e. The standard InChI is InChI=1S/C14H20Br2O/c1-12(2,3)10-7-9(15)8-14(16,11(10)17)13(4,5)6/h7-8H,1-6H3. The molecule has 0 saturated heterocycles. The van der Waals surface area contributed by atoms with Crippen molar-refractivity contribution >= 4 is 37.6 Å². The number of rotatable bonds is 0. The second kappa shape index (κ2) is 4.34. The highest BCUT2D eigenvalue weighted by atomic mass is 79.9. The number of halogens is 2. The quantitative estimate of drug-likeness (QED) is 0.553. The van der Waals surface area contributed by atoms with E-state index >= 15 is 0 Å². The van der Waals surface area contributed by atoms with Gasteiger partial charge in [0.1, 0.15) is 4.32 Å². The van der Waals surface area contributed by atoms with E-state index in [2.05, 4.69) is 73.4 Å². The van der Waals surface area contributed by atoms with E-state index in [9.17, 15) is 4.79 Å². The van der Waals surface area contributed by atoms with Gasteiger partial charge < -0.3 is 0 Å². The van der Waals surface area contributed by atoms with E-state index in [1.165, 1.54) is 0 Å². The van der Waals surface area contributed by atoms with Gasteiger partial charge in [0.05, 0.1) is 0 Å². The van der Waals surface area contributed by atoms with Crippen molar-refractivity contribution < 1.29 is 4.79 Å². The van der Waals surface area contributed by atoms with Crippen molar-refractivity contribution in [2.24, 2.45) is 10.8 Å². The smallest absolute Gasteiger partial charge is 0.180 e. The van der Waals surface area contributed by atoms with Crippen LogP contribution in [0.5, 0.6) is 0 Å². The molecule has 0 spiro atoms. The summed E-state index contributed by atoms with van der Waals surface area (Å²) in [6, 6.07) is 0. The number of Topliss-reactive ketones (excluding diaryl/α,β-unsaturated/α-hetero) is 1. The molecular formula is C14H20Br2O. The van der Waals surface area contributed by atoms with Gasteiger partial charge in [0.2, 0.25) is 0 Å². The third kappa shape index (κ3) is 2.76. The van der Waals surface area contributed by atoms with Gasteiger partial charge in [-0.1, -0.05) is 73.4 Å². The van der Waals surface area contributed by atoms with Crippen molar-refractivity contribution in [1.29, 1.82) is 0 Å². The van der Waals surface area contributed by atoms with Crippen molar-refractivity contribution in [3.05, 3.63) is 22.2 Å². The molecule has 0 aromatic heterocycles. The molecule has 0 heterocycles. The van der Waals surface area contributed by atoms with Gasteiger partial charge in [0.15, 0.2) is 5.78 Å². The highest BCUT2D eigenvalue weighted by molar-refractivity contribution is 9.12. The molecule has 1 aliphatic rings. The van der Waals surface area contributed by atoms with Crippen molar-refractivity contribution in [2.75, 3.05) is 0 Å². The lowest BCUT2D eigenvalue weighted by Crippen LogP contribution is -2.46. The van der Waals surface area contributed by atoms with E-state index in [1.54, 1.807) is 0 Å². The fraction of sp³-hybridized carbons (Fsp3) is 0.643. The van der Waals surface area contributed by atoms with Crippen LogP contribution in [-0.2, 0) is 4.79 Å². The van der Waals surface area contributed by atoms with E-state index in [4.69, 9.17) is 0 Å². The van der Waals surface area contributed by atoms with Crippen LogP contribution >= 0.6 is 31.9 Å². The van der Waals surface area contributed by atoms with Crippen LogP contribution in [0.1, 0.15) is 41.5 Å². The molecule has 0 aliphatic heterocycles. The van der Waals surface area contributed by atoms with Crippen molar-refractivity contribution in [3.8, 4) is 0 Å². The number of ketones is 1. The zero-order valence-corrected chi connectivity index (χ0v) is 14.5. The Bertz CT molecular complexity index is 405. The summed E-state index contributed by atoms with van der Waals surface area (Å²) in [5.74, 6) is 0.167. The Morgan fingerprint density at radius 3 is 1.94 bits per heavy atom. The van der Waals surface area contributed by atoms with Crippen LogP contribution in [0.4, 0.5) is 0 Å². The highest BCUT2D eigenvalue weighted by Crippen LogP contribution is 2.48. The number of alkyl halides is 1. The lowest BCUT2D eigenvalue weighted by Gasteiger charge is -2.41. The minimum atomic E-state index is -0.629. The molecule has 0 fully saturated rings. The van der Waals surface area contributed by atoms with Crippen molar-refractivity contribution in [1.82, 2.24) is 0 Å². The molecule has 0 saturated carbocycles. The Balaban J connectivity index is 3.38. The molecule has 0 bridgehead atoms. The fourth-order valence-corrected chi connectivity index (χ4v) is 3.15. The van der Waals surface area contributed by atoms with Gasteiger partial charge >= 0.3 is 0 Å². The second-order valence-electron chi connectivity index (χ2n) is 6.63. The van der Waals surface area contributed by atoms with E-state index in [-0.39, 0.29) is 16.6 Å². The summed E-state index contributed by atoms with van der Waals surface area (Å²) < 4.78 is 0.338. The largest absolute Gasteiger partial charge is 0.293 e. The Kier molecular flexibility index (Phi) is 3.87. The zero-order valence-electron chi connectivity index (χ0n) is 11.3. The molecule has 0 N–H and O–H groups in total. The van der Waals surface area contributed by atoms with Gasteiger partial charge in [-0.25, -0.2) is 0 Å². The molecule has 96 valence electrons. The van der Waals surface area contributed by atoms with Crippen LogP contribution < -0.4 is 0 Å². The van der Waals surface area contributed by atoms with Crippen LogP contribution in [0.3, 0.4) is 0 Å². The third-order valence-electron chi connectivity index (χ3n) is 3.09. The Morgan fingerprint density at radius 2 is 1.59 bits per heavy atom. The summed E-state index contributed by atoms with van der Waals surface area (Å²) in [6.45, 7) is 12.4. The molecule has 3 heteroatoms. The summed E-state index contributed by atoms with van der Waals surface area (Å²) >= 11 is 7.18. The molecule has 1 unspecified atom stereocenters.